The maximum atomic E-state index is 13.0. The van der Waals surface area contributed by atoms with Gasteiger partial charge >= 0.3 is 33.6 Å². The average Bonchev–Trinajstić information content (AvgIpc) is 0.940. The fourth-order valence-electron chi connectivity index (χ4n) is 10.6. The molecule has 5 unspecified atom stereocenters. The van der Waals surface area contributed by atoms with Gasteiger partial charge < -0.3 is 34.2 Å². The van der Waals surface area contributed by atoms with Crippen molar-refractivity contribution in [3.05, 3.63) is 158 Å². The molecule has 600 valence electrons. The van der Waals surface area contributed by atoms with Gasteiger partial charge in [-0.3, -0.25) is 32.5 Å². The maximum absolute atomic E-state index is 13.0. The van der Waals surface area contributed by atoms with Gasteiger partial charge in [-0.1, -0.05) is 307 Å². The molecule has 0 fully saturated rings. The van der Waals surface area contributed by atoms with Crippen LogP contribution in [0.4, 0.5) is 0 Å². The van der Waals surface area contributed by atoms with Crippen LogP contribution in [0.2, 0.25) is 0 Å². The Morgan fingerprint density at radius 3 is 0.800 bits per heavy atom. The number of carbonyl (C=O) groups is 3. The molecule has 0 radical (unpaired) electrons. The SMILES string of the molecule is CC/C=C\C/C=C\C/C=C\C/C=C\C/C=C\C/C=C\CCCCCCCCCCCCCCCCC(=O)OCC(O)COP(=O)(O)OCC(O)COP(=O)(O)OCC(COC(=O)CCCCCCC/C=C\C/C=C\C/C=C\C/C=C\C/C=C\CC)OC(=O)CCCCCCC/C=C\C/C=C\CCCCC. The van der Waals surface area contributed by atoms with Gasteiger partial charge in [0.2, 0.25) is 0 Å². The Hall–Kier alpha value is -4.83. The first-order valence-corrected chi connectivity index (χ1v) is 43.8. The fraction of sp³-hybridized carbons (Fsp3) is 0.667. The van der Waals surface area contributed by atoms with Gasteiger partial charge in [-0.25, -0.2) is 9.13 Å². The van der Waals surface area contributed by atoms with Crippen LogP contribution in [0.25, 0.3) is 0 Å². The Labute approximate surface area is 638 Å². The van der Waals surface area contributed by atoms with E-state index in [4.69, 9.17) is 32.3 Å². The van der Waals surface area contributed by atoms with Crippen LogP contribution in [0.5, 0.6) is 0 Å². The number of carbonyl (C=O) groups excluding carboxylic acids is 3. The summed E-state index contributed by atoms with van der Waals surface area (Å²) in [6.07, 6.45) is 98.7. The summed E-state index contributed by atoms with van der Waals surface area (Å²) in [7, 11) is -9.81. The van der Waals surface area contributed by atoms with Crippen molar-refractivity contribution in [2.45, 2.75) is 334 Å². The van der Waals surface area contributed by atoms with Crippen LogP contribution in [-0.4, -0.2) is 95.9 Å². The van der Waals surface area contributed by atoms with Crippen LogP contribution in [-0.2, 0) is 55.8 Å². The second-order valence-corrected chi connectivity index (χ2v) is 29.7. The van der Waals surface area contributed by atoms with Gasteiger partial charge in [0.05, 0.1) is 26.4 Å². The zero-order valence-corrected chi connectivity index (χ0v) is 67.4. The third-order valence-electron chi connectivity index (χ3n) is 16.7. The lowest BCUT2D eigenvalue weighted by molar-refractivity contribution is -0.161. The number of phosphoric acid groups is 2. The smallest absolute Gasteiger partial charge is 0.463 e. The monoisotopic (exact) mass is 1510 g/mol. The molecule has 0 aliphatic rings. The van der Waals surface area contributed by atoms with Gasteiger partial charge in [0, 0.05) is 19.3 Å². The Bertz CT molecular complexity index is 2540. The van der Waals surface area contributed by atoms with E-state index in [-0.39, 0.29) is 19.3 Å². The summed E-state index contributed by atoms with van der Waals surface area (Å²) in [5, 5.41) is 20.7. The van der Waals surface area contributed by atoms with Gasteiger partial charge in [-0.2, -0.15) is 0 Å². The minimum atomic E-state index is -4.94. The number of hydrogen-bond acceptors (Lipinski definition) is 14. The number of ether oxygens (including phenoxy) is 3. The molecule has 0 aromatic heterocycles. The van der Waals surface area contributed by atoms with Crippen molar-refractivity contribution in [2.75, 3.05) is 39.6 Å². The third-order valence-corrected chi connectivity index (χ3v) is 18.6. The van der Waals surface area contributed by atoms with Crippen LogP contribution in [0.3, 0.4) is 0 Å². The predicted molar refractivity (Wildman–Crippen MR) is 435 cm³/mol. The molecule has 0 aliphatic heterocycles. The molecule has 0 heterocycles. The van der Waals surface area contributed by atoms with Crippen molar-refractivity contribution >= 4 is 33.6 Å². The summed E-state index contributed by atoms with van der Waals surface area (Å²) in [6, 6.07) is 0. The molecule has 4 N–H and O–H groups in total. The van der Waals surface area contributed by atoms with E-state index in [0.29, 0.717) is 19.3 Å². The Morgan fingerprint density at radius 2 is 0.505 bits per heavy atom. The zero-order valence-electron chi connectivity index (χ0n) is 65.6. The summed E-state index contributed by atoms with van der Waals surface area (Å²) >= 11 is 0. The topological polar surface area (TPSA) is 231 Å². The van der Waals surface area contributed by atoms with Crippen molar-refractivity contribution in [1.29, 1.82) is 0 Å². The number of rotatable bonds is 76. The van der Waals surface area contributed by atoms with Crippen molar-refractivity contribution < 1.29 is 75.8 Å². The van der Waals surface area contributed by atoms with Gasteiger partial charge in [-0.15, -0.1) is 0 Å². The van der Waals surface area contributed by atoms with Gasteiger partial charge in [-0.05, 0) is 148 Å². The molecule has 0 aromatic carbocycles. The third kappa shape index (κ3) is 80.0. The van der Waals surface area contributed by atoms with Crippen LogP contribution in [0.15, 0.2) is 158 Å². The molecule has 0 bridgehead atoms. The van der Waals surface area contributed by atoms with E-state index in [2.05, 4.69) is 179 Å². The summed E-state index contributed by atoms with van der Waals surface area (Å²) in [5.74, 6) is -1.61. The summed E-state index contributed by atoms with van der Waals surface area (Å²) in [5.41, 5.74) is 0. The van der Waals surface area contributed by atoms with Gasteiger partial charge in [0.1, 0.15) is 25.4 Å². The number of esters is 3. The average molecular weight is 1510 g/mol. The molecule has 0 amide bonds. The van der Waals surface area contributed by atoms with Gasteiger partial charge in [0.25, 0.3) is 0 Å². The Balaban J connectivity index is 4.49. The molecule has 0 aliphatic carbocycles. The highest BCUT2D eigenvalue weighted by atomic mass is 31.2. The number of aliphatic hydroxyl groups excluding tert-OH is 2. The number of aliphatic hydroxyl groups is 2. The molecule has 105 heavy (non-hydrogen) atoms. The summed E-state index contributed by atoms with van der Waals surface area (Å²) in [6.45, 7) is 2.39. The second kappa shape index (κ2) is 78.7. The molecular weight excluding hydrogens is 1360 g/mol. The number of hydrogen-bond donors (Lipinski definition) is 4. The van der Waals surface area contributed by atoms with Crippen LogP contribution >= 0.6 is 15.6 Å². The van der Waals surface area contributed by atoms with E-state index >= 15 is 0 Å². The van der Waals surface area contributed by atoms with E-state index < -0.39 is 91.5 Å². The van der Waals surface area contributed by atoms with Crippen LogP contribution < -0.4 is 0 Å². The quantitative estimate of drug-likeness (QED) is 0.0146. The summed E-state index contributed by atoms with van der Waals surface area (Å²) < 4.78 is 61.2. The molecule has 0 saturated carbocycles. The predicted octanol–water partition coefficient (Wildman–Crippen LogP) is 24.2. The molecule has 0 aromatic rings. The highest BCUT2D eigenvalue weighted by molar-refractivity contribution is 7.47. The maximum Gasteiger partial charge on any atom is 0.472 e. The molecule has 0 rings (SSSR count). The molecule has 5 atom stereocenters. The molecule has 0 spiro atoms. The first-order valence-electron chi connectivity index (χ1n) is 40.8. The number of allylic oxidation sites excluding steroid dienone is 26. The van der Waals surface area contributed by atoms with E-state index in [9.17, 15) is 43.5 Å². The fourth-order valence-corrected chi connectivity index (χ4v) is 12.2. The minimum absolute atomic E-state index is 0.0803. The van der Waals surface area contributed by atoms with Crippen molar-refractivity contribution in [3.63, 3.8) is 0 Å². The van der Waals surface area contributed by atoms with Gasteiger partial charge in [0.15, 0.2) is 6.10 Å². The van der Waals surface area contributed by atoms with E-state index in [1.165, 1.54) is 83.5 Å². The lowest BCUT2D eigenvalue weighted by Crippen LogP contribution is -2.30. The molecule has 18 heteroatoms. The van der Waals surface area contributed by atoms with Crippen molar-refractivity contribution in [1.82, 2.24) is 0 Å². The lowest BCUT2D eigenvalue weighted by atomic mass is 10.0. The van der Waals surface area contributed by atoms with E-state index in [1.807, 2.05) is 0 Å². The first-order chi connectivity index (χ1) is 51.2. The minimum Gasteiger partial charge on any atom is -0.463 e. The normalized spacial score (nSPS) is 14.8. The van der Waals surface area contributed by atoms with E-state index in [1.54, 1.807) is 0 Å². The molecular formula is C87H146O16P2. The van der Waals surface area contributed by atoms with Crippen molar-refractivity contribution in [2.24, 2.45) is 0 Å². The van der Waals surface area contributed by atoms with Crippen LogP contribution in [0, 0.1) is 0 Å². The highest BCUT2D eigenvalue weighted by Gasteiger charge is 2.29. The molecule has 16 nitrogen and oxygen atoms in total. The molecule has 0 saturated heterocycles. The number of phosphoric ester groups is 2. The lowest BCUT2D eigenvalue weighted by Gasteiger charge is -2.21. The van der Waals surface area contributed by atoms with E-state index in [0.717, 1.165) is 173 Å². The highest BCUT2D eigenvalue weighted by Crippen LogP contribution is 2.45. The first kappa shape index (κ1) is 100. The zero-order chi connectivity index (χ0) is 76.6. The standard InChI is InChI=1S/C87H146O16P2/c1-4-7-10-13-16-19-22-25-28-30-32-34-35-36-37-38-39-40-41-42-43-44-45-47-49-50-53-55-58-61-64-67-70-73-85(90)97-76-82(88)77-99-104(93,94)100-78-83(89)79-101-105(95,96)102-81-84(103-87(92)75-72-69-66-63-60-57-52-27-24-21-18-15-12-9-6-3)80-98-86(91)74-71-68-65-62-59-56-54-51-48-46-33-31-29-26-23-20-17-14-11-8-5-2/h7-8,10-11,16-21,25-29,32-34,36-37,39-40,46,51-52,54,82-84,88-89H,4-6,9,12-15,22-24,30-31,35,38,41-45,47-50,53,55-81H2,1-3H3,(H,93,94)(H,95,96)/b10-7-,11-8-,19-16-,20-17-,21-18-,28-25-,29-26-,34-32-,37-36-,40-39-,46-33-,52-27-,54-51-. The summed E-state index contributed by atoms with van der Waals surface area (Å²) in [4.78, 5) is 58.7. The Kier molecular flexibility index (Phi) is 75.1. The Morgan fingerprint density at radius 1 is 0.276 bits per heavy atom. The van der Waals surface area contributed by atoms with Crippen LogP contribution in [0.1, 0.15) is 316 Å². The van der Waals surface area contributed by atoms with Crippen molar-refractivity contribution in [3.8, 4) is 0 Å². The largest absolute Gasteiger partial charge is 0.472 e. The number of unbranched alkanes of at least 4 members (excludes halogenated alkanes) is 27. The second-order valence-electron chi connectivity index (χ2n) is 26.8.